The average Bonchev–Trinajstić information content (AvgIpc) is 3.00. The van der Waals surface area contributed by atoms with Gasteiger partial charge in [-0.2, -0.15) is 15.0 Å². The molecular weight excluding hydrogens is 252 g/mol. The first kappa shape index (κ1) is 11.6. The zero-order valence-electron chi connectivity index (χ0n) is 11.4. The molecule has 0 aliphatic heterocycles. The van der Waals surface area contributed by atoms with Crippen molar-refractivity contribution in [3.8, 4) is 11.4 Å². The van der Waals surface area contributed by atoms with E-state index >= 15 is 0 Å². The molecule has 1 saturated carbocycles. The Bertz CT molecular complexity index is 752. The Morgan fingerprint density at radius 2 is 2.15 bits per heavy atom. The van der Waals surface area contributed by atoms with E-state index in [0.29, 0.717) is 0 Å². The van der Waals surface area contributed by atoms with Gasteiger partial charge in [0.15, 0.2) is 0 Å². The summed E-state index contributed by atoms with van der Waals surface area (Å²) in [7, 11) is 0. The Balaban J connectivity index is 1.75. The minimum atomic E-state index is 0.743. The molecule has 0 unspecified atom stereocenters. The van der Waals surface area contributed by atoms with E-state index in [9.17, 15) is 0 Å². The van der Waals surface area contributed by atoms with Crippen LogP contribution in [0.3, 0.4) is 0 Å². The van der Waals surface area contributed by atoms with E-state index in [-0.39, 0.29) is 0 Å². The summed E-state index contributed by atoms with van der Waals surface area (Å²) in [5.41, 5.74) is 3.47. The number of fused-ring (bicyclic) bond motifs is 1. The van der Waals surface area contributed by atoms with Crippen LogP contribution in [0.2, 0.25) is 0 Å². The number of hydrogen-bond acceptors (Lipinski definition) is 4. The highest BCUT2D eigenvalue weighted by molar-refractivity contribution is 5.89. The quantitative estimate of drug-likeness (QED) is 0.791. The Morgan fingerprint density at radius 1 is 1.25 bits per heavy atom. The Labute approximate surface area is 116 Å². The number of aromatic nitrogens is 6. The zero-order valence-corrected chi connectivity index (χ0v) is 11.4. The van der Waals surface area contributed by atoms with E-state index in [1.54, 1.807) is 6.33 Å². The molecule has 3 aromatic rings. The van der Waals surface area contributed by atoms with Crippen LogP contribution in [-0.2, 0) is 6.54 Å². The summed E-state index contributed by atoms with van der Waals surface area (Å²) in [4.78, 5) is 13.5. The Hall–Kier alpha value is -2.24. The second-order valence-electron chi connectivity index (χ2n) is 5.45. The van der Waals surface area contributed by atoms with E-state index in [1.807, 2.05) is 24.0 Å². The summed E-state index contributed by atoms with van der Waals surface area (Å²) in [5, 5.41) is 10.2. The summed E-state index contributed by atoms with van der Waals surface area (Å²) < 4.78 is 0. The number of aromatic amines is 1. The van der Waals surface area contributed by atoms with Crippen LogP contribution in [0.25, 0.3) is 22.4 Å². The average molecular weight is 268 g/mol. The fourth-order valence-corrected chi connectivity index (χ4v) is 2.70. The van der Waals surface area contributed by atoms with Crippen molar-refractivity contribution in [3.05, 3.63) is 24.3 Å². The van der Waals surface area contributed by atoms with E-state index in [0.717, 1.165) is 40.6 Å². The van der Waals surface area contributed by atoms with Gasteiger partial charge in [-0.1, -0.05) is 6.42 Å². The smallest absolute Gasteiger partial charge is 0.141 e. The van der Waals surface area contributed by atoms with Crippen LogP contribution in [-0.4, -0.2) is 29.9 Å². The fraction of sp³-hybridized carbons (Fsp3) is 0.429. The SMILES string of the molecule is Cc1nn(CC2CCC2)nc1-c1ncnc2[nH]ccc12. The van der Waals surface area contributed by atoms with Gasteiger partial charge in [-0.25, -0.2) is 9.97 Å². The van der Waals surface area contributed by atoms with E-state index < -0.39 is 0 Å². The first-order valence-corrected chi connectivity index (χ1v) is 7.01. The van der Waals surface area contributed by atoms with E-state index in [1.165, 1.54) is 19.3 Å². The third-order valence-electron chi connectivity index (χ3n) is 4.05. The molecule has 1 aliphatic rings. The lowest BCUT2D eigenvalue weighted by atomic mass is 9.86. The molecule has 6 nitrogen and oxygen atoms in total. The first-order chi connectivity index (χ1) is 9.81. The van der Waals surface area contributed by atoms with Crippen molar-refractivity contribution in [3.63, 3.8) is 0 Å². The van der Waals surface area contributed by atoms with Gasteiger partial charge in [0.1, 0.15) is 23.4 Å². The molecule has 0 atom stereocenters. The lowest BCUT2D eigenvalue weighted by Gasteiger charge is -2.24. The first-order valence-electron chi connectivity index (χ1n) is 7.01. The van der Waals surface area contributed by atoms with Crippen molar-refractivity contribution in [2.24, 2.45) is 5.92 Å². The summed E-state index contributed by atoms with van der Waals surface area (Å²) in [6.07, 6.45) is 7.38. The molecule has 6 heteroatoms. The number of nitrogens with one attached hydrogen (secondary N) is 1. The van der Waals surface area contributed by atoms with E-state index in [2.05, 4.69) is 25.1 Å². The van der Waals surface area contributed by atoms with Gasteiger partial charge >= 0.3 is 0 Å². The highest BCUT2D eigenvalue weighted by Gasteiger charge is 2.21. The highest BCUT2D eigenvalue weighted by atomic mass is 15.5. The molecule has 3 heterocycles. The topological polar surface area (TPSA) is 72.3 Å². The molecule has 20 heavy (non-hydrogen) atoms. The molecule has 0 bridgehead atoms. The van der Waals surface area contributed by atoms with Crippen molar-refractivity contribution in [2.45, 2.75) is 32.7 Å². The van der Waals surface area contributed by atoms with E-state index in [4.69, 9.17) is 0 Å². The van der Waals surface area contributed by atoms with Gasteiger partial charge in [-0.05, 0) is 31.7 Å². The van der Waals surface area contributed by atoms with Crippen molar-refractivity contribution >= 4 is 11.0 Å². The van der Waals surface area contributed by atoms with Crippen LogP contribution in [0.4, 0.5) is 0 Å². The lowest BCUT2D eigenvalue weighted by molar-refractivity contribution is 0.253. The highest BCUT2D eigenvalue weighted by Crippen LogP contribution is 2.29. The summed E-state index contributed by atoms with van der Waals surface area (Å²) in [6.45, 7) is 2.91. The molecule has 1 fully saturated rings. The third-order valence-corrected chi connectivity index (χ3v) is 4.05. The Morgan fingerprint density at radius 3 is 2.95 bits per heavy atom. The second-order valence-corrected chi connectivity index (χ2v) is 5.45. The van der Waals surface area contributed by atoms with Crippen molar-refractivity contribution in [1.29, 1.82) is 0 Å². The normalized spacial score (nSPS) is 15.7. The minimum Gasteiger partial charge on any atom is -0.346 e. The predicted molar refractivity (Wildman–Crippen MR) is 75.0 cm³/mol. The number of hydrogen-bond donors (Lipinski definition) is 1. The molecular formula is C14H16N6. The number of aryl methyl sites for hydroxylation is 1. The minimum absolute atomic E-state index is 0.743. The number of rotatable bonds is 3. The van der Waals surface area contributed by atoms with Crippen LogP contribution in [0.1, 0.15) is 25.0 Å². The molecule has 1 N–H and O–H groups in total. The van der Waals surface area contributed by atoms with Gasteiger partial charge in [0, 0.05) is 11.6 Å². The molecule has 102 valence electrons. The predicted octanol–water partition coefficient (Wildman–Crippen LogP) is 2.32. The molecule has 0 amide bonds. The van der Waals surface area contributed by atoms with Gasteiger partial charge in [-0.3, -0.25) is 0 Å². The summed E-state index contributed by atoms with van der Waals surface area (Å²) in [5.74, 6) is 0.743. The third kappa shape index (κ3) is 1.79. The summed E-state index contributed by atoms with van der Waals surface area (Å²) in [6, 6.07) is 1.98. The largest absolute Gasteiger partial charge is 0.346 e. The number of H-pyrrole nitrogens is 1. The van der Waals surface area contributed by atoms with Crippen molar-refractivity contribution in [2.75, 3.05) is 0 Å². The maximum Gasteiger partial charge on any atom is 0.141 e. The van der Waals surface area contributed by atoms with Crippen molar-refractivity contribution < 1.29 is 0 Å². The Kier molecular flexibility index (Phi) is 2.55. The second kappa shape index (κ2) is 4.40. The molecule has 0 radical (unpaired) electrons. The monoisotopic (exact) mass is 268 g/mol. The van der Waals surface area contributed by atoms with Gasteiger partial charge < -0.3 is 4.98 Å². The number of nitrogens with zero attached hydrogens (tertiary/aromatic N) is 5. The lowest BCUT2D eigenvalue weighted by Crippen LogP contribution is -2.19. The van der Waals surface area contributed by atoms with Gasteiger partial charge in [0.05, 0.1) is 12.2 Å². The van der Waals surface area contributed by atoms with Crippen LogP contribution in [0.15, 0.2) is 18.6 Å². The molecule has 0 spiro atoms. The van der Waals surface area contributed by atoms with Crippen molar-refractivity contribution in [1.82, 2.24) is 29.9 Å². The zero-order chi connectivity index (χ0) is 13.5. The maximum atomic E-state index is 4.63. The van der Waals surface area contributed by atoms with Gasteiger partial charge in [-0.15, -0.1) is 0 Å². The van der Waals surface area contributed by atoms with Gasteiger partial charge in [0.25, 0.3) is 0 Å². The van der Waals surface area contributed by atoms with Crippen LogP contribution < -0.4 is 0 Å². The molecule has 0 saturated heterocycles. The van der Waals surface area contributed by atoms with Crippen LogP contribution in [0.5, 0.6) is 0 Å². The summed E-state index contributed by atoms with van der Waals surface area (Å²) >= 11 is 0. The molecule has 3 aromatic heterocycles. The van der Waals surface area contributed by atoms with Gasteiger partial charge in [0.2, 0.25) is 0 Å². The molecule has 0 aromatic carbocycles. The van der Waals surface area contributed by atoms with Crippen LogP contribution in [0, 0.1) is 12.8 Å². The fourth-order valence-electron chi connectivity index (χ4n) is 2.70. The molecule has 1 aliphatic carbocycles. The standard InChI is InChI=1S/C14H16N6/c1-9-12(19-20(18-9)7-10-3-2-4-10)13-11-5-6-15-14(11)17-8-16-13/h5-6,8,10H,2-4,7H2,1H3,(H,15,16,17). The maximum absolute atomic E-state index is 4.63. The molecule has 4 rings (SSSR count). The van der Waals surface area contributed by atoms with Crippen LogP contribution >= 0.6 is 0 Å².